The van der Waals surface area contributed by atoms with E-state index < -0.39 is 5.97 Å². The van der Waals surface area contributed by atoms with Gasteiger partial charge < -0.3 is 9.52 Å². The molecule has 1 fully saturated rings. The number of rotatable bonds is 4. The third-order valence-electron chi connectivity index (χ3n) is 3.98. The summed E-state index contributed by atoms with van der Waals surface area (Å²) >= 11 is 0.892. The van der Waals surface area contributed by atoms with Crippen molar-refractivity contribution in [2.75, 3.05) is 0 Å². The third kappa shape index (κ3) is 3.30. The lowest BCUT2D eigenvalue weighted by Crippen LogP contribution is -2.34. The van der Waals surface area contributed by atoms with Gasteiger partial charge in [0.05, 0.1) is 10.5 Å². The fraction of sp³-hybridized carbons (Fsp3) is 0.211. The van der Waals surface area contributed by atoms with Crippen LogP contribution in [0.5, 0.6) is 0 Å². The number of aryl methyl sites for hydroxylation is 1. The normalized spacial score (nSPS) is 16.2. The minimum atomic E-state index is -0.985. The second kappa shape index (κ2) is 6.84. The van der Waals surface area contributed by atoms with E-state index in [9.17, 15) is 14.4 Å². The van der Waals surface area contributed by atoms with Crippen molar-refractivity contribution in [3.8, 4) is 11.3 Å². The molecule has 1 N–H and O–H groups in total. The van der Waals surface area contributed by atoms with Gasteiger partial charge in [0.15, 0.2) is 0 Å². The number of carboxylic acid groups (broad SMARTS) is 1. The molecule has 2 aromatic rings. The van der Waals surface area contributed by atoms with Crippen LogP contribution in [-0.4, -0.2) is 33.2 Å². The molecule has 26 heavy (non-hydrogen) atoms. The van der Waals surface area contributed by atoms with Gasteiger partial charge in [-0.15, -0.1) is 0 Å². The van der Waals surface area contributed by atoms with E-state index in [0.29, 0.717) is 16.4 Å². The van der Waals surface area contributed by atoms with Gasteiger partial charge in [-0.1, -0.05) is 6.07 Å². The van der Waals surface area contributed by atoms with E-state index in [-0.39, 0.29) is 22.8 Å². The zero-order chi connectivity index (χ0) is 19.0. The van der Waals surface area contributed by atoms with Crippen molar-refractivity contribution in [3.63, 3.8) is 0 Å². The van der Waals surface area contributed by atoms with Gasteiger partial charge in [-0.3, -0.25) is 14.5 Å². The number of nitrogens with zero attached hydrogens (tertiary/aromatic N) is 1. The van der Waals surface area contributed by atoms with Crippen molar-refractivity contribution in [3.05, 3.63) is 52.1 Å². The van der Waals surface area contributed by atoms with Gasteiger partial charge in [-0.25, -0.2) is 4.79 Å². The van der Waals surface area contributed by atoms with E-state index in [1.807, 2.05) is 0 Å². The minimum Gasteiger partial charge on any atom is -0.478 e. The van der Waals surface area contributed by atoms with Crippen LogP contribution in [0.3, 0.4) is 0 Å². The topological polar surface area (TPSA) is 87.8 Å². The van der Waals surface area contributed by atoms with Gasteiger partial charge in [0, 0.05) is 17.7 Å². The van der Waals surface area contributed by atoms with Crippen LogP contribution in [0.4, 0.5) is 4.79 Å². The Kier molecular flexibility index (Phi) is 4.73. The number of carbonyl (C=O) groups is 3. The second-order valence-electron chi connectivity index (χ2n) is 6.18. The summed E-state index contributed by atoms with van der Waals surface area (Å²) in [7, 11) is 0. The molecule has 0 radical (unpaired) electrons. The number of hydrogen-bond donors (Lipinski definition) is 1. The fourth-order valence-electron chi connectivity index (χ4n) is 2.70. The van der Waals surface area contributed by atoms with E-state index in [0.717, 1.165) is 22.9 Å². The zero-order valence-electron chi connectivity index (χ0n) is 14.5. The van der Waals surface area contributed by atoms with Gasteiger partial charge in [-0.2, -0.15) is 0 Å². The van der Waals surface area contributed by atoms with E-state index >= 15 is 0 Å². The highest BCUT2D eigenvalue weighted by molar-refractivity contribution is 8.18. The molecule has 6 nitrogen and oxygen atoms in total. The van der Waals surface area contributed by atoms with E-state index in [4.69, 9.17) is 9.52 Å². The predicted molar refractivity (Wildman–Crippen MR) is 98.8 cm³/mol. The standard InChI is InChI=1S/C19H17NO5S/c1-10(2)20-17(21)16(26-19(20)24)9-13-5-7-15(25-13)14-6-4-12(18(22)23)8-11(14)3/h4-10H,1-3H3,(H,22,23). The average Bonchev–Trinajstić information content (AvgIpc) is 3.12. The Morgan fingerprint density at radius 1 is 1.23 bits per heavy atom. The Morgan fingerprint density at radius 3 is 2.54 bits per heavy atom. The Bertz CT molecular complexity index is 941. The number of carbonyl (C=O) groups excluding carboxylic acids is 2. The van der Waals surface area contributed by atoms with Gasteiger partial charge in [0.2, 0.25) is 0 Å². The highest BCUT2D eigenvalue weighted by Crippen LogP contribution is 2.34. The van der Waals surface area contributed by atoms with Crippen molar-refractivity contribution in [2.45, 2.75) is 26.8 Å². The maximum atomic E-state index is 12.3. The first-order valence-corrected chi connectivity index (χ1v) is 8.81. The number of amides is 2. The molecule has 1 aromatic heterocycles. The zero-order valence-corrected chi connectivity index (χ0v) is 15.3. The van der Waals surface area contributed by atoms with Crippen LogP contribution in [0.1, 0.15) is 35.5 Å². The first-order chi connectivity index (χ1) is 12.3. The number of hydrogen-bond acceptors (Lipinski definition) is 5. The summed E-state index contributed by atoms with van der Waals surface area (Å²) in [5, 5.41) is 8.76. The highest BCUT2D eigenvalue weighted by Gasteiger charge is 2.36. The molecule has 0 bridgehead atoms. The van der Waals surface area contributed by atoms with Crippen LogP contribution >= 0.6 is 11.8 Å². The summed E-state index contributed by atoms with van der Waals surface area (Å²) in [6, 6.07) is 8.05. The number of imide groups is 1. The maximum Gasteiger partial charge on any atom is 0.335 e. The lowest BCUT2D eigenvalue weighted by molar-refractivity contribution is -0.123. The third-order valence-corrected chi connectivity index (χ3v) is 4.86. The molecule has 0 spiro atoms. The second-order valence-corrected chi connectivity index (χ2v) is 7.18. The van der Waals surface area contributed by atoms with Gasteiger partial charge in [0.1, 0.15) is 11.5 Å². The Balaban J connectivity index is 1.88. The molecular formula is C19H17NO5S. The van der Waals surface area contributed by atoms with Crippen LogP contribution < -0.4 is 0 Å². The molecule has 0 saturated carbocycles. The van der Waals surface area contributed by atoms with Crippen LogP contribution in [0, 0.1) is 6.92 Å². The molecule has 0 unspecified atom stereocenters. The van der Waals surface area contributed by atoms with Crippen molar-refractivity contribution in [2.24, 2.45) is 0 Å². The first kappa shape index (κ1) is 18.0. The summed E-state index contributed by atoms with van der Waals surface area (Å²) in [6.07, 6.45) is 1.55. The molecule has 1 aliphatic heterocycles. The lowest BCUT2D eigenvalue weighted by Gasteiger charge is -2.16. The van der Waals surface area contributed by atoms with Crippen LogP contribution in [-0.2, 0) is 4.79 Å². The van der Waals surface area contributed by atoms with Crippen LogP contribution in [0.25, 0.3) is 17.4 Å². The number of thioether (sulfide) groups is 1. The molecule has 134 valence electrons. The quantitative estimate of drug-likeness (QED) is 0.802. The Labute approximate surface area is 154 Å². The summed E-state index contributed by atoms with van der Waals surface area (Å²) in [4.78, 5) is 36.8. The molecule has 0 atom stereocenters. The number of carboxylic acids is 1. The van der Waals surface area contributed by atoms with Gasteiger partial charge in [-0.05, 0) is 62.4 Å². The molecule has 3 rings (SSSR count). The molecule has 1 aromatic carbocycles. The van der Waals surface area contributed by atoms with Crippen LogP contribution in [0.15, 0.2) is 39.7 Å². The van der Waals surface area contributed by atoms with Crippen molar-refractivity contribution >= 4 is 35.0 Å². The van der Waals surface area contributed by atoms with E-state index in [1.165, 1.54) is 11.0 Å². The lowest BCUT2D eigenvalue weighted by atomic mass is 10.0. The Morgan fingerprint density at radius 2 is 1.96 bits per heavy atom. The van der Waals surface area contributed by atoms with Crippen molar-refractivity contribution in [1.29, 1.82) is 0 Å². The summed E-state index contributed by atoms with van der Waals surface area (Å²) in [6.45, 7) is 5.37. The molecule has 1 aliphatic rings. The van der Waals surface area contributed by atoms with Crippen molar-refractivity contribution < 1.29 is 23.9 Å². The van der Waals surface area contributed by atoms with E-state index in [2.05, 4.69) is 0 Å². The summed E-state index contributed by atoms with van der Waals surface area (Å²) in [5.74, 6) is -0.291. The average molecular weight is 371 g/mol. The first-order valence-electron chi connectivity index (χ1n) is 7.99. The molecule has 7 heteroatoms. The van der Waals surface area contributed by atoms with E-state index in [1.54, 1.807) is 51.1 Å². The predicted octanol–water partition coefficient (Wildman–Crippen LogP) is 4.40. The largest absolute Gasteiger partial charge is 0.478 e. The number of furan rings is 1. The molecular weight excluding hydrogens is 354 g/mol. The molecule has 2 amide bonds. The van der Waals surface area contributed by atoms with Crippen LogP contribution in [0.2, 0.25) is 0 Å². The monoisotopic (exact) mass is 371 g/mol. The summed E-state index contributed by atoms with van der Waals surface area (Å²) in [5.41, 5.74) is 1.75. The smallest absolute Gasteiger partial charge is 0.335 e. The minimum absolute atomic E-state index is 0.198. The molecule has 0 aliphatic carbocycles. The fourth-order valence-corrected chi connectivity index (χ4v) is 3.64. The maximum absolute atomic E-state index is 12.3. The summed E-state index contributed by atoms with van der Waals surface area (Å²) < 4.78 is 5.77. The SMILES string of the molecule is Cc1cc(C(=O)O)ccc1-c1ccc(C=C2SC(=O)N(C(C)C)C2=O)o1. The Hall–Kier alpha value is -2.80. The highest BCUT2D eigenvalue weighted by atomic mass is 32.2. The number of benzene rings is 1. The van der Waals surface area contributed by atoms with Gasteiger partial charge in [0.25, 0.3) is 11.1 Å². The molecule has 1 saturated heterocycles. The van der Waals surface area contributed by atoms with Crippen molar-refractivity contribution in [1.82, 2.24) is 4.90 Å². The van der Waals surface area contributed by atoms with Gasteiger partial charge >= 0.3 is 5.97 Å². The number of aromatic carboxylic acids is 1. The molecule has 2 heterocycles.